The Morgan fingerprint density at radius 3 is 2.85 bits per heavy atom. The molecule has 2 heterocycles. The molecule has 2 aliphatic rings. The molecular weight excluding hydrogens is 268 g/mol. The van der Waals surface area contributed by atoms with Crippen molar-refractivity contribution in [2.45, 2.75) is 13.0 Å². The Balaban J connectivity index is 1.92. The van der Waals surface area contributed by atoms with E-state index in [4.69, 9.17) is 11.6 Å². The van der Waals surface area contributed by atoms with E-state index in [2.05, 4.69) is 52.9 Å². The van der Waals surface area contributed by atoms with Gasteiger partial charge in [-0.15, -0.1) is 0 Å². The van der Waals surface area contributed by atoms with Crippen LogP contribution < -0.4 is 4.90 Å². The van der Waals surface area contributed by atoms with Crippen LogP contribution in [-0.4, -0.2) is 24.0 Å². The third-order valence-corrected chi connectivity index (χ3v) is 4.53. The highest BCUT2D eigenvalue weighted by Gasteiger charge is 2.34. The predicted octanol–water partition coefficient (Wildman–Crippen LogP) is 3.31. The third-order valence-electron chi connectivity index (χ3n) is 4.30. The van der Waals surface area contributed by atoms with Gasteiger partial charge in [0, 0.05) is 17.0 Å². The first-order chi connectivity index (χ1) is 9.74. The number of benzene rings is 2. The van der Waals surface area contributed by atoms with Gasteiger partial charge in [-0.3, -0.25) is 4.58 Å². The lowest BCUT2D eigenvalue weighted by atomic mass is 9.97. The van der Waals surface area contributed by atoms with Crippen LogP contribution in [0.2, 0.25) is 5.02 Å². The maximum Gasteiger partial charge on any atom is 0.284 e. The van der Waals surface area contributed by atoms with Gasteiger partial charge >= 0.3 is 0 Å². The summed E-state index contributed by atoms with van der Waals surface area (Å²) in [6.45, 7) is 2.06. The van der Waals surface area contributed by atoms with Crippen LogP contribution in [0.5, 0.6) is 0 Å². The Kier molecular flexibility index (Phi) is 2.61. The number of nitrogens with zero attached hydrogens (tertiary/aromatic N) is 2. The average molecular weight is 284 g/mol. The summed E-state index contributed by atoms with van der Waals surface area (Å²) in [6.07, 6.45) is 1.09. The number of rotatable bonds is 0. The van der Waals surface area contributed by atoms with E-state index >= 15 is 0 Å². The number of para-hydroxylation sites is 1. The van der Waals surface area contributed by atoms with Crippen LogP contribution in [0.25, 0.3) is 0 Å². The Morgan fingerprint density at radius 1 is 1.10 bits per heavy atom. The van der Waals surface area contributed by atoms with Crippen LogP contribution in [0, 0.1) is 0 Å². The first-order valence-corrected chi connectivity index (χ1v) is 7.34. The first-order valence-electron chi connectivity index (χ1n) is 6.96. The summed E-state index contributed by atoms with van der Waals surface area (Å²) in [6, 6.07) is 14.9. The van der Waals surface area contributed by atoms with Crippen LogP contribution >= 0.6 is 11.6 Å². The predicted molar refractivity (Wildman–Crippen MR) is 82.9 cm³/mol. The van der Waals surface area contributed by atoms with E-state index < -0.39 is 0 Å². The fourth-order valence-electron chi connectivity index (χ4n) is 3.34. The number of anilines is 1. The van der Waals surface area contributed by atoms with Crippen molar-refractivity contribution in [3.63, 3.8) is 0 Å². The summed E-state index contributed by atoms with van der Waals surface area (Å²) < 4.78 is 2.46. The first kappa shape index (κ1) is 12.0. The van der Waals surface area contributed by atoms with Gasteiger partial charge in [-0.25, -0.2) is 4.90 Å². The van der Waals surface area contributed by atoms with Crippen molar-refractivity contribution in [1.29, 1.82) is 0 Å². The van der Waals surface area contributed by atoms with Crippen molar-refractivity contribution in [3.8, 4) is 0 Å². The molecule has 0 saturated heterocycles. The normalized spacial score (nSPS) is 16.6. The topological polar surface area (TPSA) is 6.25 Å². The molecule has 3 heteroatoms. The lowest BCUT2D eigenvalue weighted by molar-refractivity contribution is -0.546. The van der Waals surface area contributed by atoms with Gasteiger partial charge in [0.2, 0.25) is 0 Å². The fourth-order valence-corrected chi connectivity index (χ4v) is 3.52. The van der Waals surface area contributed by atoms with Gasteiger partial charge < -0.3 is 0 Å². The monoisotopic (exact) mass is 283 g/mol. The van der Waals surface area contributed by atoms with Gasteiger partial charge in [-0.05, 0) is 23.8 Å². The Morgan fingerprint density at radius 2 is 1.95 bits per heavy atom. The minimum atomic E-state index is 0.811. The molecule has 0 unspecified atom stereocenters. The van der Waals surface area contributed by atoms with Crippen LogP contribution in [0.3, 0.4) is 0 Å². The fraction of sp³-hybridized carbons (Fsp3) is 0.235. The molecule has 2 aromatic rings. The summed E-state index contributed by atoms with van der Waals surface area (Å²) in [7, 11) is 2.15. The summed E-state index contributed by atoms with van der Waals surface area (Å²) in [5.74, 6) is 1.28. The van der Waals surface area contributed by atoms with E-state index in [1.54, 1.807) is 0 Å². The van der Waals surface area contributed by atoms with Crippen molar-refractivity contribution in [1.82, 2.24) is 0 Å². The molecule has 0 radical (unpaired) electrons. The van der Waals surface area contributed by atoms with Crippen LogP contribution in [0.4, 0.5) is 5.69 Å². The van der Waals surface area contributed by atoms with Crippen molar-refractivity contribution in [3.05, 3.63) is 64.2 Å². The molecule has 0 aromatic heterocycles. The van der Waals surface area contributed by atoms with Gasteiger partial charge in [0.25, 0.3) is 5.84 Å². The second-order valence-electron chi connectivity index (χ2n) is 5.48. The Bertz CT molecular complexity index is 734. The minimum absolute atomic E-state index is 0.811. The van der Waals surface area contributed by atoms with Crippen molar-refractivity contribution in [2.75, 3.05) is 18.5 Å². The number of hydrogen-bond acceptors (Lipinski definition) is 1. The molecule has 0 amide bonds. The molecule has 0 spiro atoms. The lowest BCUT2D eigenvalue weighted by Gasteiger charge is -2.30. The molecule has 0 N–H and O–H groups in total. The van der Waals surface area contributed by atoms with Crippen LogP contribution in [0.15, 0.2) is 42.5 Å². The maximum absolute atomic E-state index is 6.21. The van der Waals surface area contributed by atoms with E-state index in [1.165, 1.54) is 28.2 Å². The van der Waals surface area contributed by atoms with Crippen molar-refractivity contribution < 1.29 is 4.58 Å². The number of hydrogen-bond donors (Lipinski definition) is 0. The summed E-state index contributed by atoms with van der Waals surface area (Å²) in [5, 5.41) is 0.811. The number of halogens is 1. The van der Waals surface area contributed by atoms with Gasteiger partial charge in [0.15, 0.2) is 0 Å². The molecule has 0 saturated carbocycles. The molecule has 2 aliphatic heterocycles. The average Bonchev–Trinajstić information content (AvgIpc) is 2.47. The van der Waals surface area contributed by atoms with Gasteiger partial charge in [0.1, 0.15) is 12.2 Å². The number of amidine groups is 1. The lowest BCUT2D eigenvalue weighted by Crippen LogP contribution is -2.44. The highest BCUT2D eigenvalue weighted by molar-refractivity contribution is 6.31. The minimum Gasteiger partial charge on any atom is -0.256 e. The second-order valence-corrected chi connectivity index (χ2v) is 5.92. The maximum atomic E-state index is 6.21. The zero-order valence-electron chi connectivity index (χ0n) is 11.4. The quantitative estimate of drug-likeness (QED) is 0.673. The molecule has 0 bridgehead atoms. The molecule has 4 rings (SSSR count). The molecule has 2 nitrogen and oxygen atoms in total. The molecule has 0 fully saturated rings. The zero-order chi connectivity index (χ0) is 13.7. The van der Waals surface area contributed by atoms with Crippen LogP contribution in [0.1, 0.15) is 16.7 Å². The molecule has 0 atom stereocenters. The summed E-state index contributed by atoms with van der Waals surface area (Å²) in [5.41, 5.74) is 5.36. The Hall–Kier alpha value is -1.80. The number of fused-ring (bicyclic) bond motifs is 3. The van der Waals surface area contributed by atoms with Crippen LogP contribution in [-0.2, 0) is 13.0 Å². The Labute approximate surface area is 123 Å². The molecule has 20 heavy (non-hydrogen) atoms. The van der Waals surface area contributed by atoms with Gasteiger partial charge in [0.05, 0.1) is 19.2 Å². The molecule has 100 valence electrons. The van der Waals surface area contributed by atoms with E-state index in [0.717, 1.165) is 24.5 Å². The third kappa shape index (κ3) is 1.68. The summed E-state index contributed by atoms with van der Waals surface area (Å²) >= 11 is 6.21. The van der Waals surface area contributed by atoms with Crippen molar-refractivity contribution in [2.24, 2.45) is 0 Å². The smallest absolute Gasteiger partial charge is 0.256 e. The van der Waals surface area contributed by atoms with E-state index in [9.17, 15) is 0 Å². The van der Waals surface area contributed by atoms with E-state index in [-0.39, 0.29) is 0 Å². The zero-order valence-corrected chi connectivity index (χ0v) is 12.2. The van der Waals surface area contributed by atoms with Crippen molar-refractivity contribution >= 4 is 23.1 Å². The highest BCUT2D eigenvalue weighted by Crippen LogP contribution is 2.30. The highest BCUT2D eigenvalue weighted by atomic mass is 35.5. The van der Waals surface area contributed by atoms with Gasteiger partial charge in [-0.2, -0.15) is 0 Å². The molecular formula is C17H16ClN2+. The summed E-state index contributed by atoms with van der Waals surface area (Å²) in [4.78, 5) is 2.30. The van der Waals surface area contributed by atoms with E-state index in [1.807, 2.05) is 6.07 Å². The largest absolute Gasteiger partial charge is 0.284 e. The molecule has 0 aliphatic carbocycles. The van der Waals surface area contributed by atoms with Gasteiger partial charge in [-0.1, -0.05) is 35.9 Å². The standard InChI is InChI=1S/C17H16ClN2/c1-19-16-5-3-2-4-13(16)11-20-9-8-12-6-7-14(18)10-15(12)17(19)20/h2-7,10H,8-9,11H2,1H3/q+1. The molecule has 2 aromatic carbocycles. The SMILES string of the molecule is CN1C2=[N+](CCc3ccc(Cl)cc32)Cc2ccccc21. The second kappa shape index (κ2) is 4.35. The van der Waals surface area contributed by atoms with E-state index in [0.29, 0.717) is 0 Å².